The van der Waals surface area contributed by atoms with Crippen molar-refractivity contribution in [3.63, 3.8) is 0 Å². The van der Waals surface area contributed by atoms with E-state index in [4.69, 9.17) is 16.2 Å². The summed E-state index contributed by atoms with van der Waals surface area (Å²) in [4.78, 5) is 0. The lowest BCUT2D eigenvalue weighted by Gasteiger charge is -2.27. The summed E-state index contributed by atoms with van der Waals surface area (Å²) in [5.74, 6) is 0.741. The lowest BCUT2D eigenvalue weighted by atomic mass is 9.96. The fourth-order valence-corrected chi connectivity index (χ4v) is 2.35. The number of nitrogens with two attached hydrogens (primary N) is 2. The van der Waals surface area contributed by atoms with Crippen molar-refractivity contribution in [1.82, 2.24) is 0 Å². The first-order valence-corrected chi connectivity index (χ1v) is 6.70. The van der Waals surface area contributed by atoms with Crippen molar-refractivity contribution in [1.29, 1.82) is 0 Å². The maximum absolute atomic E-state index is 6.06. The van der Waals surface area contributed by atoms with Gasteiger partial charge in [0.25, 0.3) is 0 Å². The van der Waals surface area contributed by atoms with Gasteiger partial charge < -0.3 is 16.2 Å². The number of hydrogen-bond donors (Lipinski definition) is 2. The van der Waals surface area contributed by atoms with Gasteiger partial charge in [0.15, 0.2) is 0 Å². The first-order chi connectivity index (χ1) is 10.2. The summed E-state index contributed by atoms with van der Waals surface area (Å²) >= 11 is 0. The Balaban J connectivity index is 2.01. The van der Waals surface area contributed by atoms with Crippen LogP contribution in [-0.2, 0) is 0 Å². The number of nitrogens with zero attached hydrogens (tertiary/aromatic N) is 2. The number of guanidine groups is 1. The maximum Gasteiger partial charge on any atom is 0.211 e. The molecule has 0 fully saturated rings. The van der Waals surface area contributed by atoms with E-state index in [0.29, 0.717) is 6.42 Å². The van der Waals surface area contributed by atoms with Crippen molar-refractivity contribution in [2.75, 3.05) is 0 Å². The average molecular weight is 280 g/mol. The molecule has 0 spiro atoms. The number of rotatable bonds is 2. The van der Waals surface area contributed by atoms with Gasteiger partial charge in [0.2, 0.25) is 5.96 Å². The molecule has 3 rings (SSSR count). The van der Waals surface area contributed by atoms with Crippen molar-refractivity contribution in [3.8, 4) is 5.75 Å². The maximum atomic E-state index is 6.06. The zero-order chi connectivity index (χ0) is 14.7. The molecule has 0 radical (unpaired) electrons. The van der Waals surface area contributed by atoms with E-state index in [2.05, 4.69) is 10.2 Å². The third-order valence-corrected chi connectivity index (χ3v) is 3.30. The minimum Gasteiger partial charge on any atom is -0.485 e. The number of benzene rings is 2. The van der Waals surface area contributed by atoms with Gasteiger partial charge in [-0.05, 0) is 17.7 Å². The molecule has 5 nitrogen and oxygen atoms in total. The second-order valence-electron chi connectivity index (χ2n) is 4.79. The van der Waals surface area contributed by atoms with Crippen molar-refractivity contribution in [2.45, 2.75) is 12.5 Å². The predicted molar refractivity (Wildman–Crippen MR) is 83.2 cm³/mol. The molecular weight excluding hydrogens is 264 g/mol. The Labute approximate surface area is 122 Å². The highest BCUT2D eigenvalue weighted by atomic mass is 16.5. The molecule has 2 aromatic carbocycles. The molecule has 1 heterocycles. The molecule has 0 bridgehead atoms. The fraction of sp³-hybridized carbons (Fsp3) is 0.125. The molecule has 0 saturated heterocycles. The zero-order valence-electron chi connectivity index (χ0n) is 11.4. The topological polar surface area (TPSA) is 86.0 Å². The first kappa shape index (κ1) is 13.2. The summed E-state index contributed by atoms with van der Waals surface area (Å²) in [6.07, 6.45) is 0.534. The molecule has 1 unspecified atom stereocenters. The SMILES string of the molecule is NC(N)=N/N=C1\CC(c2ccccc2)Oc2ccccc21. The Bertz CT molecular complexity index is 690. The predicted octanol–water partition coefficient (Wildman–Crippen LogP) is 2.19. The Kier molecular flexibility index (Phi) is 3.55. The minimum atomic E-state index is -0.0888. The van der Waals surface area contributed by atoms with E-state index in [9.17, 15) is 0 Å². The largest absolute Gasteiger partial charge is 0.485 e. The Morgan fingerprint density at radius 3 is 2.48 bits per heavy atom. The molecule has 0 saturated carbocycles. The smallest absolute Gasteiger partial charge is 0.211 e. The highest BCUT2D eigenvalue weighted by Gasteiger charge is 2.25. The van der Waals surface area contributed by atoms with Gasteiger partial charge in [-0.1, -0.05) is 42.5 Å². The second kappa shape index (κ2) is 5.66. The van der Waals surface area contributed by atoms with E-state index >= 15 is 0 Å². The van der Waals surface area contributed by atoms with Crippen molar-refractivity contribution in [2.24, 2.45) is 21.7 Å². The van der Waals surface area contributed by atoms with Crippen LogP contribution in [0.1, 0.15) is 23.7 Å². The van der Waals surface area contributed by atoms with Crippen LogP contribution in [0.5, 0.6) is 5.75 Å². The summed E-state index contributed by atoms with van der Waals surface area (Å²) in [5, 5.41) is 7.95. The third kappa shape index (κ3) is 2.86. The van der Waals surface area contributed by atoms with Crippen LogP contribution in [0.25, 0.3) is 0 Å². The van der Waals surface area contributed by atoms with Gasteiger partial charge in [0, 0.05) is 12.0 Å². The van der Waals surface area contributed by atoms with E-state index in [1.165, 1.54) is 0 Å². The Hall–Kier alpha value is -2.82. The van der Waals surface area contributed by atoms with E-state index < -0.39 is 0 Å². The van der Waals surface area contributed by atoms with Gasteiger partial charge in [-0.15, -0.1) is 5.10 Å². The van der Waals surface area contributed by atoms with Gasteiger partial charge in [-0.25, -0.2) is 0 Å². The van der Waals surface area contributed by atoms with E-state index in [1.54, 1.807) is 0 Å². The summed E-state index contributed by atoms with van der Waals surface area (Å²) in [7, 11) is 0. The summed E-state index contributed by atoms with van der Waals surface area (Å²) in [6, 6.07) is 17.8. The normalized spacial score (nSPS) is 18.7. The zero-order valence-corrected chi connectivity index (χ0v) is 11.4. The molecule has 0 aliphatic carbocycles. The van der Waals surface area contributed by atoms with E-state index in [0.717, 1.165) is 22.6 Å². The monoisotopic (exact) mass is 280 g/mol. The lowest BCUT2D eigenvalue weighted by Crippen LogP contribution is -2.23. The molecular formula is C16H16N4O. The van der Waals surface area contributed by atoms with Crippen LogP contribution < -0.4 is 16.2 Å². The van der Waals surface area contributed by atoms with Gasteiger partial charge in [0.1, 0.15) is 11.9 Å². The molecule has 21 heavy (non-hydrogen) atoms. The standard InChI is InChI=1S/C16H16N4O/c17-16(18)20-19-13-10-15(11-6-2-1-3-7-11)21-14-9-5-4-8-12(13)14/h1-9,15H,10H2,(H4,17,18,20)/b19-13+. The summed E-state index contributed by atoms with van der Waals surface area (Å²) in [6.45, 7) is 0. The highest BCUT2D eigenvalue weighted by molar-refractivity contribution is 6.04. The van der Waals surface area contributed by atoms with Crippen molar-refractivity contribution >= 4 is 11.7 Å². The first-order valence-electron chi connectivity index (χ1n) is 6.70. The van der Waals surface area contributed by atoms with Gasteiger partial charge in [-0.2, -0.15) is 5.10 Å². The molecule has 1 atom stereocenters. The van der Waals surface area contributed by atoms with Crippen LogP contribution in [0.3, 0.4) is 0 Å². The Morgan fingerprint density at radius 1 is 1.00 bits per heavy atom. The molecule has 0 aromatic heterocycles. The molecule has 1 aliphatic rings. The molecule has 2 aromatic rings. The average Bonchev–Trinajstić information content (AvgIpc) is 2.53. The number of hydrogen-bond acceptors (Lipinski definition) is 3. The quantitative estimate of drug-likeness (QED) is 0.502. The van der Waals surface area contributed by atoms with Crippen LogP contribution in [0.2, 0.25) is 0 Å². The molecule has 106 valence electrons. The molecule has 0 amide bonds. The second-order valence-corrected chi connectivity index (χ2v) is 4.79. The molecule has 1 aliphatic heterocycles. The van der Waals surface area contributed by atoms with Crippen LogP contribution in [0.4, 0.5) is 0 Å². The summed E-state index contributed by atoms with van der Waals surface area (Å²) in [5.41, 5.74) is 13.6. The number of ether oxygens (including phenoxy) is 1. The fourth-order valence-electron chi connectivity index (χ4n) is 2.35. The van der Waals surface area contributed by atoms with Crippen LogP contribution in [0, 0.1) is 0 Å². The lowest BCUT2D eigenvalue weighted by molar-refractivity contribution is 0.206. The van der Waals surface area contributed by atoms with Crippen molar-refractivity contribution < 1.29 is 4.74 Å². The minimum absolute atomic E-state index is 0.0530. The number of fused-ring (bicyclic) bond motifs is 1. The van der Waals surface area contributed by atoms with Crippen molar-refractivity contribution in [3.05, 3.63) is 65.7 Å². The summed E-state index contributed by atoms with van der Waals surface area (Å²) < 4.78 is 6.06. The van der Waals surface area contributed by atoms with E-state index in [1.807, 2.05) is 54.6 Å². The van der Waals surface area contributed by atoms with Crippen LogP contribution in [0.15, 0.2) is 64.8 Å². The highest BCUT2D eigenvalue weighted by Crippen LogP contribution is 2.35. The molecule has 4 N–H and O–H groups in total. The number of para-hydroxylation sites is 1. The van der Waals surface area contributed by atoms with Gasteiger partial charge in [0.05, 0.1) is 5.71 Å². The van der Waals surface area contributed by atoms with Crippen LogP contribution in [-0.4, -0.2) is 11.7 Å². The Morgan fingerprint density at radius 2 is 1.71 bits per heavy atom. The third-order valence-electron chi connectivity index (χ3n) is 3.30. The molecule has 5 heteroatoms. The van der Waals surface area contributed by atoms with Gasteiger partial charge in [-0.3, -0.25) is 0 Å². The van der Waals surface area contributed by atoms with Gasteiger partial charge >= 0.3 is 0 Å². The van der Waals surface area contributed by atoms with E-state index in [-0.39, 0.29) is 12.1 Å². The van der Waals surface area contributed by atoms with Crippen LogP contribution >= 0.6 is 0 Å².